The standard InChI is InChI=1S/C25H21N7O2/c1-16(2)19-13-31(21-8-7-17(10-26)9-24(21)32(33)34)23-6-4-5-22(25(19)23)30-14-20(27-15-30)18-11-28-29(3)12-18/h4-9,11-16H,1-3H3. The van der Waals surface area contributed by atoms with Gasteiger partial charge in [-0.2, -0.15) is 10.4 Å². The maximum Gasteiger partial charge on any atom is 0.294 e. The van der Waals surface area contributed by atoms with Gasteiger partial charge in [0.1, 0.15) is 5.69 Å². The molecule has 0 aliphatic carbocycles. The van der Waals surface area contributed by atoms with Crippen LogP contribution >= 0.6 is 0 Å². The minimum absolute atomic E-state index is 0.113. The van der Waals surface area contributed by atoms with Gasteiger partial charge in [-0.15, -0.1) is 0 Å². The predicted molar refractivity (Wildman–Crippen MR) is 128 cm³/mol. The zero-order chi connectivity index (χ0) is 24.0. The quantitative estimate of drug-likeness (QED) is 0.272. The molecule has 3 aromatic heterocycles. The van der Waals surface area contributed by atoms with Crippen molar-refractivity contribution in [3.63, 3.8) is 0 Å². The van der Waals surface area contributed by atoms with Crippen molar-refractivity contribution in [2.24, 2.45) is 7.05 Å². The summed E-state index contributed by atoms with van der Waals surface area (Å²) in [6, 6.07) is 12.4. The molecule has 5 aromatic rings. The first-order valence-electron chi connectivity index (χ1n) is 10.7. The Morgan fingerprint density at radius 1 is 1.12 bits per heavy atom. The van der Waals surface area contributed by atoms with E-state index in [1.807, 2.05) is 59.0 Å². The highest BCUT2D eigenvalue weighted by atomic mass is 16.6. The van der Waals surface area contributed by atoms with Crippen LogP contribution in [-0.2, 0) is 7.05 Å². The summed E-state index contributed by atoms with van der Waals surface area (Å²) in [5, 5.41) is 26.3. The molecule has 2 aromatic carbocycles. The Balaban J connectivity index is 1.74. The van der Waals surface area contributed by atoms with E-state index in [2.05, 4.69) is 23.9 Å². The van der Waals surface area contributed by atoms with Gasteiger partial charge in [0, 0.05) is 42.7 Å². The van der Waals surface area contributed by atoms with E-state index in [1.54, 1.807) is 29.3 Å². The van der Waals surface area contributed by atoms with Crippen LogP contribution in [-0.4, -0.2) is 28.8 Å². The first-order valence-corrected chi connectivity index (χ1v) is 10.7. The molecule has 9 heteroatoms. The molecule has 168 valence electrons. The lowest BCUT2D eigenvalue weighted by Gasteiger charge is -2.10. The fourth-order valence-electron chi connectivity index (χ4n) is 4.25. The number of hydrogen-bond donors (Lipinski definition) is 0. The van der Waals surface area contributed by atoms with Crippen molar-refractivity contribution in [1.82, 2.24) is 23.9 Å². The molecule has 0 radical (unpaired) electrons. The van der Waals surface area contributed by atoms with Crippen LogP contribution < -0.4 is 0 Å². The third kappa shape index (κ3) is 3.42. The van der Waals surface area contributed by atoms with E-state index in [9.17, 15) is 15.4 Å². The van der Waals surface area contributed by atoms with Crippen molar-refractivity contribution >= 4 is 16.6 Å². The number of imidazole rings is 1. The molecule has 0 atom stereocenters. The average molecular weight is 451 g/mol. The van der Waals surface area contributed by atoms with Crippen LogP contribution in [0.2, 0.25) is 0 Å². The normalized spacial score (nSPS) is 11.3. The summed E-state index contributed by atoms with van der Waals surface area (Å²) in [5.41, 5.74) is 5.10. The van der Waals surface area contributed by atoms with Gasteiger partial charge in [0.25, 0.3) is 5.69 Å². The second kappa shape index (κ2) is 8.01. The molecule has 9 nitrogen and oxygen atoms in total. The summed E-state index contributed by atoms with van der Waals surface area (Å²) >= 11 is 0. The maximum atomic E-state index is 11.8. The fraction of sp³-hybridized carbons (Fsp3) is 0.160. The molecule has 5 rings (SSSR count). The van der Waals surface area contributed by atoms with Crippen LogP contribution in [0.5, 0.6) is 0 Å². The van der Waals surface area contributed by atoms with E-state index < -0.39 is 4.92 Å². The van der Waals surface area contributed by atoms with E-state index in [4.69, 9.17) is 0 Å². The summed E-state index contributed by atoms with van der Waals surface area (Å²) in [5.74, 6) is 0.170. The fourth-order valence-corrected chi connectivity index (χ4v) is 4.25. The monoisotopic (exact) mass is 451 g/mol. The number of rotatable bonds is 5. The van der Waals surface area contributed by atoms with E-state index in [0.717, 1.165) is 33.4 Å². The second-order valence-electron chi connectivity index (χ2n) is 8.42. The molecular weight excluding hydrogens is 430 g/mol. The van der Waals surface area contributed by atoms with Gasteiger partial charge in [0.05, 0.1) is 46.0 Å². The van der Waals surface area contributed by atoms with Crippen LogP contribution in [0.15, 0.2) is 67.5 Å². The summed E-state index contributed by atoms with van der Waals surface area (Å²) in [7, 11) is 1.86. The lowest BCUT2D eigenvalue weighted by atomic mass is 10.0. The third-order valence-corrected chi connectivity index (χ3v) is 5.88. The van der Waals surface area contributed by atoms with Gasteiger partial charge in [0.15, 0.2) is 0 Å². The molecule has 3 heterocycles. The lowest BCUT2D eigenvalue weighted by Crippen LogP contribution is -2.00. The molecule has 0 saturated heterocycles. The number of benzene rings is 2. The van der Waals surface area contributed by atoms with Gasteiger partial charge in [-0.05, 0) is 35.7 Å². The SMILES string of the molecule is CC(C)c1cn(-c2ccc(C#N)cc2[N+](=O)[O-])c2cccc(-n3cnc(-c4cnn(C)c4)c3)c12. The zero-order valence-electron chi connectivity index (χ0n) is 18.9. The maximum absolute atomic E-state index is 11.8. The summed E-state index contributed by atoms with van der Waals surface area (Å²) in [6.45, 7) is 4.19. The highest BCUT2D eigenvalue weighted by Gasteiger charge is 2.22. The van der Waals surface area contributed by atoms with Crippen molar-refractivity contribution in [2.75, 3.05) is 0 Å². The average Bonchev–Trinajstić information content (AvgIpc) is 3.56. The predicted octanol–water partition coefficient (Wildman–Crippen LogP) is 5.12. The summed E-state index contributed by atoms with van der Waals surface area (Å²) < 4.78 is 5.54. The topological polar surface area (TPSA) is 108 Å². The van der Waals surface area contributed by atoms with Gasteiger partial charge >= 0.3 is 0 Å². The zero-order valence-corrected chi connectivity index (χ0v) is 18.9. The molecule has 0 aliphatic rings. The number of aryl methyl sites for hydroxylation is 1. The Labute approximate surface area is 195 Å². The number of aromatic nitrogens is 5. The van der Waals surface area contributed by atoms with E-state index in [0.29, 0.717) is 5.69 Å². The molecule has 34 heavy (non-hydrogen) atoms. The molecule has 0 amide bonds. The van der Waals surface area contributed by atoms with E-state index in [1.165, 1.54) is 6.07 Å². The van der Waals surface area contributed by atoms with Gasteiger partial charge in [-0.1, -0.05) is 19.9 Å². The largest absolute Gasteiger partial charge is 0.310 e. The smallest absolute Gasteiger partial charge is 0.294 e. The van der Waals surface area contributed by atoms with Crippen LogP contribution in [0, 0.1) is 21.4 Å². The van der Waals surface area contributed by atoms with Crippen molar-refractivity contribution in [3.05, 3.63) is 88.8 Å². The highest BCUT2D eigenvalue weighted by Crippen LogP contribution is 2.37. The number of hydrogen-bond acceptors (Lipinski definition) is 5. The Morgan fingerprint density at radius 3 is 2.62 bits per heavy atom. The van der Waals surface area contributed by atoms with E-state index in [-0.39, 0.29) is 17.2 Å². The summed E-state index contributed by atoms with van der Waals surface area (Å²) in [6.07, 6.45) is 9.35. The number of nitro groups is 1. The first kappa shape index (κ1) is 21.2. The minimum Gasteiger partial charge on any atom is -0.310 e. The summed E-state index contributed by atoms with van der Waals surface area (Å²) in [4.78, 5) is 15.9. The van der Waals surface area contributed by atoms with Gasteiger partial charge in [-0.3, -0.25) is 14.8 Å². The van der Waals surface area contributed by atoms with Crippen molar-refractivity contribution < 1.29 is 4.92 Å². The molecular formula is C25H21N7O2. The molecule has 0 spiro atoms. The first-order chi connectivity index (χ1) is 16.4. The number of nitro benzene ring substituents is 1. The van der Waals surface area contributed by atoms with Gasteiger partial charge in [-0.25, -0.2) is 4.98 Å². The van der Waals surface area contributed by atoms with Crippen LogP contribution in [0.1, 0.15) is 30.9 Å². The van der Waals surface area contributed by atoms with Crippen LogP contribution in [0.3, 0.4) is 0 Å². The van der Waals surface area contributed by atoms with E-state index >= 15 is 0 Å². The molecule has 0 aliphatic heterocycles. The third-order valence-electron chi connectivity index (χ3n) is 5.88. The number of nitrogens with zero attached hydrogens (tertiary/aromatic N) is 7. The lowest BCUT2D eigenvalue weighted by molar-refractivity contribution is -0.384. The Hall–Kier alpha value is -4.71. The van der Waals surface area contributed by atoms with Crippen molar-refractivity contribution in [3.8, 4) is 28.7 Å². The highest BCUT2D eigenvalue weighted by molar-refractivity contribution is 5.94. The molecule has 0 saturated carbocycles. The Kier molecular flexibility index (Phi) is 4.98. The van der Waals surface area contributed by atoms with Crippen molar-refractivity contribution in [2.45, 2.75) is 19.8 Å². The molecule has 0 bridgehead atoms. The van der Waals surface area contributed by atoms with Crippen LogP contribution in [0.4, 0.5) is 5.69 Å². The molecule has 0 N–H and O–H groups in total. The molecule has 0 unspecified atom stereocenters. The Morgan fingerprint density at radius 2 is 1.94 bits per heavy atom. The second-order valence-corrected chi connectivity index (χ2v) is 8.42. The Bertz CT molecular complexity index is 1600. The van der Waals surface area contributed by atoms with Crippen molar-refractivity contribution in [1.29, 1.82) is 5.26 Å². The van der Waals surface area contributed by atoms with Crippen LogP contribution in [0.25, 0.3) is 33.5 Å². The number of nitriles is 1. The van der Waals surface area contributed by atoms with Gasteiger partial charge in [0.2, 0.25) is 0 Å². The minimum atomic E-state index is -0.447. The number of fused-ring (bicyclic) bond motifs is 1. The van der Waals surface area contributed by atoms with Gasteiger partial charge < -0.3 is 9.13 Å². The molecule has 0 fully saturated rings.